The minimum absolute atomic E-state index is 0.189. The van der Waals surface area contributed by atoms with Gasteiger partial charge in [0.2, 0.25) is 0 Å². The van der Waals surface area contributed by atoms with Crippen molar-refractivity contribution < 1.29 is 13.2 Å². The molecule has 0 unspecified atom stereocenters. The number of hydrogen-bond donors (Lipinski definition) is 0. The molecule has 0 fully saturated rings. The minimum atomic E-state index is -4.33. The smallest absolute Gasteiger partial charge is 0.262 e. The fourth-order valence-electron chi connectivity index (χ4n) is 1.76. The highest BCUT2D eigenvalue weighted by atomic mass is 19.4. The van der Waals surface area contributed by atoms with Crippen LogP contribution in [-0.4, -0.2) is 35.7 Å². The first-order valence-corrected chi connectivity index (χ1v) is 5.93. The summed E-state index contributed by atoms with van der Waals surface area (Å²) in [6.45, 7) is -1.17. The minimum Gasteiger partial charge on any atom is -0.262 e. The van der Waals surface area contributed by atoms with Crippen LogP contribution in [0, 0.1) is 0 Å². The molecule has 3 aromatic heterocycles. The number of aromatic nitrogens is 6. The van der Waals surface area contributed by atoms with Crippen LogP contribution < -0.4 is 0 Å². The van der Waals surface area contributed by atoms with Crippen molar-refractivity contribution >= 4 is 0 Å². The van der Waals surface area contributed by atoms with E-state index in [0.29, 0.717) is 5.56 Å². The highest BCUT2D eigenvalue weighted by Crippen LogP contribution is 2.19. The van der Waals surface area contributed by atoms with Crippen LogP contribution in [0.2, 0.25) is 0 Å². The molecule has 6 nitrogen and oxygen atoms in total. The fourth-order valence-corrected chi connectivity index (χ4v) is 1.76. The van der Waals surface area contributed by atoms with Gasteiger partial charge in [0.1, 0.15) is 12.9 Å². The Morgan fingerprint density at radius 1 is 1.19 bits per heavy atom. The lowest BCUT2D eigenvalue weighted by Crippen LogP contribution is -2.17. The van der Waals surface area contributed by atoms with Gasteiger partial charge in [-0.2, -0.15) is 23.4 Å². The van der Waals surface area contributed by atoms with Gasteiger partial charge in [0.15, 0.2) is 5.82 Å². The van der Waals surface area contributed by atoms with Crippen LogP contribution in [0.15, 0.2) is 43.2 Å². The molecule has 0 aromatic carbocycles. The summed E-state index contributed by atoms with van der Waals surface area (Å²) in [5.74, 6) is 0.189. The first-order chi connectivity index (χ1) is 10.0. The zero-order chi connectivity index (χ0) is 14.9. The van der Waals surface area contributed by atoms with Gasteiger partial charge in [-0.3, -0.25) is 4.98 Å². The number of alkyl halides is 3. The van der Waals surface area contributed by atoms with Gasteiger partial charge in [0, 0.05) is 12.4 Å². The predicted octanol–water partition coefficient (Wildman–Crippen LogP) is 2.09. The van der Waals surface area contributed by atoms with Crippen LogP contribution in [-0.2, 0) is 6.54 Å². The number of rotatable bonds is 3. The molecule has 0 aliphatic carbocycles. The monoisotopic (exact) mass is 294 g/mol. The molecule has 0 spiro atoms. The Balaban J connectivity index is 1.84. The number of nitrogens with zero attached hydrogens (tertiary/aromatic N) is 6. The van der Waals surface area contributed by atoms with E-state index >= 15 is 0 Å². The summed E-state index contributed by atoms with van der Waals surface area (Å²) in [5, 5.41) is 7.90. The van der Waals surface area contributed by atoms with Crippen molar-refractivity contribution in [3.8, 4) is 17.1 Å². The van der Waals surface area contributed by atoms with E-state index in [-0.39, 0.29) is 5.82 Å². The summed E-state index contributed by atoms with van der Waals surface area (Å²) in [6.07, 6.45) is 3.08. The van der Waals surface area contributed by atoms with E-state index in [1.165, 1.54) is 6.20 Å². The maximum Gasteiger partial charge on any atom is 0.408 e. The Labute approximate surface area is 116 Å². The summed E-state index contributed by atoms with van der Waals surface area (Å²) in [7, 11) is 0. The van der Waals surface area contributed by atoms with Crippen molar-refractivity contribution in [2.75, 3.05) is 0 Å². The third-order valence-corrected chi connectivity index (χ3v) is 2.63. The van der Waals surface area contributed by atoms with Crippen LogP contribution in [0.4, 0.5) is 13.2 Å². The van der Waals surface area contributed by atoms with Crippen LogP contribution in [0.5, 0.6) is 0 Å². The molecule has 3 rings (SSSR count). The van der Waals surface area contributed by atoms with Crippen LogP contribution in [0.1, 0.15) is 0 Å². The molecule has 3 aromatic rings. The molecular formula is C12H9F3N6. The van der Waals surface area contributed by atoms with Crippen molar-refractivity contribution in [1.82, 2.24) is 29.5 Å². The molecule has 0 saturated heterocycles. The lowest BCUT2D eigenvalue weighted by Gasteiger charge is -2.04. The molecule has 0 radical (unpaired) electrons. The Morgan fingerprint density at radius 2 is 2.05 bits per heavy atom. The topological polar surface area (TPSA) is 61.4 Å². The number of halogens is 3. The first kappa shape index (κ1) is 13.3. The van der Waals surface area contributed by atoms with Gasteiger partial charge in [0.25, 0.3) is 0 Å². The molecule has 21 heavy (non-hydrogen) atoms. The third kappa shape index (κ3) is 3.07. The predicted molar refractivity (Wildman–Crippen MR) is 66.4 cm³/mol. The van der Waals surface area contributed by atoms with E-state index in [1.807, 2.05) is 0 Å². The quantitative estimate of drug-likeness (QED) is 0.742. The van der Waals surface area contributed by atoms with E-state index in [9.17, 15) is 13.2 Å². The summed E-state index contributed by atoms with van der Waals surface area (Å²) in [6, 6.07) is 3.56. The molecule has 3 heterocycles. The summed E-state index contributed by atoms with van der Waals surface area (Å²) in [4.78, 5) is 7.83. The molecule has 0 saturated carbocycles. The van der Waals surface area contributed by atoms with Crippen molar-refractivity contribution in [2.24, 2.45) is 0 Å². The second-order valence-electron chi connectivity index (χ2n) is 4.27. The average molecular weight is 294 g/mol. The number of pyridine rings is 1. The third-order valence-electron chi connectivity index (χ3n) is 2.63. The van der Waals surface area contributed by atoms with Gasteiger partial charge in [-0.05, 0) is 12.1 Å². The Bertz CT molecular complexity index is 731. The maximum absolute atomic E-state index is 12.3. The lowest BCUT2D eigenvalue weighted by molar-refractivity contribution is -0.142. The first-order valence-electron chi connectivity index (χ1n) is 5.93. The largest absolute Gasteiger partial charge is 0.408 e. The van der Waals surface area contributed by atoms with Gasteiger partial charge in [-0.15, -0.1) is 0 Å². The zero-order valence-electron chi connectivity index (χ0n) is 10.6. The van der Waals surface area contributed by atoms with Crippen molar-refractivity contribution in [3.63, 3.8) is 0 Å². The summed E-state index contributed by atoms with van der Waals surface area (Å²) < 4.78 is 39.1. The lowest BCUT2D eigenvalue weighted by atomic mass is 10.3. The number of hydrogen-bond acceptors (Lipinski definition) is 4. The van der Waals surface area contributed by atoms with Gasteiger partial charge >= 0.3 is 6.18 Å². The highest BCUT2D eigenvalue weighted by molar-refractivity contribution is 5.52. The zero-order valence-corrected chi connectivity index (χ0v) is 10.6. The van der Waals surface area contributed by atoms with Gasteiger partial charge in [0.05, 0.1) is 23.6 Å². The van der Waals surface area contributed by atoms with E-state index in [1.54, 1.807) is 35.4 Å². The van der Waals surface area contributed by atoms with Crippen LogP contribution >= 0.6 is 0 Å². The van der Waals surface area contributed by atoms with Gasteiger partial charge in [-0.25, -0.2) is 14.3 Å². The molecule has 0 N–H and O–H groups in total. The van der Waals surface area contributed by atoms with E-state index in [4.69, 9.17) is 0 Å². The SMILES string of the molecule is FC(F)(F)Cn1cnc(-c2cnn(-c3cccnc3)c2)n1. The normalized spacial score (nSPS) is 11.8. The molecular weight excluding hydrogens is 285 g/mol. The van der Waals surface area contributed by atoms with Crippen molar-refractivity contribution in [2.45, 2.75) is 12.7 Å². The Hall–Kier alpha value is -2.71. The van der Waals surface area contributed by atoms with Gasteiger partial charge < -0.3 is 0 Å². The van der Waals surface area contributed by atoms with E-state index < -0.39 is 12.7 Å². The molecule has 0 bridgehead atoms. The van der Waals surface area contributed by atoms with Crippen LogP contribution in [0.25, 0.3) is 17.1 Å². The van der Waals surface area contributed by atoms with Crippen LogP contribution in [0.3, 0.4) is 0 Å². The van der Waals surface area contributed by atoms with E-state index in [0.717, 1.165) is 16.7 Å². The highest BCUT2D eigenvalue weighted by Gasteiger charge is 2.28. The van der Waals surface area contributed by atoms with E-state index in [2.05, 4.69) is 20.2 Å². The molecule has 0 aliphatic rings. The van der Waals surface area contributed by atoms with Crippen molar-refractivity contribution in [3.05, 3.63) is 43.2 Å². The second kappa shape index (κ2) is 5.00. The Kier molecular flexibility index (Phi) is 3.16. The molecule has 108 valence electrons. The molecule has 0 atom stereocenters. The standard InChI is InChI=1S/C12H9F3N6/c13-12(14,15)7-20-8-17-11(19-20)9-4-18-21(6-9)10-2-1-3-16-5-10/h1-6,8H,7H2. The second-order valence-corrected chi connectivity index (χ2v) is 4.27. The summed E-state index contributed by atoms with van der Waals surface area (Å²) >= 11 is 0. The average Bonchev–Trinajstić information content (AvgIpc) is 3.06. The summed E-state index contributed by atoms with van der Waals surface area (Å²) in [5.41, 5.74) is 1.26. The fraction of sp³-hybridized carbons (Fsp3) is 0.167. The maximum atomic E-state index is 12.3. The van der Waals surface area contributed by atoms with Gasteiger partial charge in [-0.1, -0.05) is 0 Å². The molecule has 0 aliphatic heterocycles. The van der Waals surface area contributed by atoms with Crippen molar-refractivity contribution in [1.29, 1.82) is 0 Å². The molecule has 0 amide bonds. The molecule has 9 heteroatoms. The Morgan fingerprint density at radius 3 is 2.76 bits per heavy atom.